The fourth-order valence-corrected chi connectivity index (χ4v) is 3.22. The molecule has 0 amide bonds. The number of nitrogens with zero attached hydrogens (tertiary/aromatic N) is 4. The smallest absolute Gasteiger partial charge is 0.122 e. The number of aromatic nitrogens is 4. The summed E-state index contributed by atoms with van der Waals surface area (Å²) >= 11 is 0. The third-order valence-electron chi connectivity index (χ3n) is 4.54. The van der Waals surface area contributed by atoms with Crippen molar-refractivity contribution in [1.29, 1.82) is 0 Å². The molecule has 2 heterocycles. The molecule has 3 rings (SSSR count). The van der Waals surface area contributed by atoms with E-state index in [1.54, 1.807) is 0 Å². The Hall–Kier alpha value is -2.56. The Balaban J connectivity index is 1.67. The normalized spacial score (nSPS) is 11.0. The van der Waals surface area contributed by atoms with Gasteiger partial charge in [0.25, 0.3) is 0 Å². The van der Waals surface area contributed by atoms with Crippen LogP contribution in [-0.4, -0.2) is 25.9 Å². The highest BCUT2D eigenvalue weighted by Crippen LogP contribution is 2.27. The van der Waals surface area contributed by atoms with Crippen molar-refractivity contribution in [1.82, 2.24) is 19.3 Å². The molecule has 0 saturated carbocycles. The Kier molecular flexibility index (Phi) is 5.22. The number of hydrogen-bond donors (Lipinski definition) is 0. The minimum atomic E-state index is 0.689. The second kappa shape index (κ2) is 7.55. The van der Waals surface area contributed by atoms with Crippen LogP contribution in [-0.2, 0) is 13.1 Å². The number of benzene rings is 1. The van der Waals surface area contributed by atoms with Crippen molar-refractivity contribution in [3.8, 4) is 17.0 Å². The van der Waals surface area contributed by atoms with Crippen molar-refractivity contribution in [2.24, 2.45) is 0 Å². The second-order valence-corrected chi connectivity index (χ2v) is 6.30. The topological polar surface area (TPSA) is 44.9 Å². The predicted octanol–water partition coefficient (Wildman–Crippen LogP) is 4.16. The molecule has 0 fully saturated rings. The van der Waals surface area contributed by atoms with Crippen molar-refractivity contribution in [2.45, 2.75) is 47.2 Å². The molecule has 0 spiro atoms. The van der Waals surface area contributed by atoms with E-state index in [4.69, 9.17) is 4.74 Å². The van der Waals surface area contributed by atoms with Gasteiger partial charge in [-0.3, -0.25) is 4.68 Å². The van der Waals surface area contributed by atoms with Crippen LogP contribution in [0.25, 0.3) is 11.3 Å². The molecule has 2 aromatic heterocycles. The molecule has 0 atom stereocenters. The summed E-state index contributed by atoms with van der Waals surface area (Å²) in [5.74, 6) is 0.962. The summed E-state index contributed by atoms with van der Waals surface area (Å²) in [5.41, 5.74) is 5.74. The first kappa shape index (κ1) is 17.3. The van der Waals surface area contributed by atoms with Gasteiger partial charge in [0, 0.05) is 24.3 Å². The van der Waals surface area contributed by atoms with Gasteiger partial charge in [0.15, 0.2) is 0 Å². The second-order valence-electron chi connectivity index (χ2n) is 6.30. The van der Waals surface area contributed by atoms with Gasteiger partial charge in [-0.15, -0.1) is 0 Å². The Morgan fingerprint density at radius 3 is 2.64 bits per heavy atom. The number of aryl methyl sites for hydroxylation is 4. The lowest BCUT2D eigenvalue weighted by molar-refractivity contribution is 0.300. The van der Waals surface area contributed by atoms with Crippen LogP contribution in [0.4, 0.5) is 0 Å². The maximum atomic E-state index is 5.90. The van der Waals surface area contributed by atoms with Crippen LogP contribution < -0.4 is 4.74 Å². The Morgan fingerprint density at radius 1 is 1.12 bits per heavy atom. The summed E-state index contributed by atoms with van der Waals surface area (Å²) in [4.78, 5) is 4.35. The minimum absolute atomic E-state index is 0.689. The van der Waals surface area contributed by atoms with E-state index in [1.165, 1.54) is 16.8 Å². The molecule has 0 radical (unpaired) electrons. The molecular formula is C20H26N4O. The quantitative estimate of drug-likeness (QED) is 0.608. The molecule has 0 aliphatic rings. The zero-order valence-corrected chi connectivity index (χ0v) is 15.5. The average Bonchev–Trinajstić information content (AvgIpc) is 3.16. The van der Waals surface area contributed by atoms with Gasteiger partial charge in [0.2, 0.25) is 0 Å². The number of hydrogen-bond acceptors (Lipinski definition) is 3. The van der Waals surface area contributed by atoms with E-state index < -0.39 is 0 Å². The van der Waals surface area contributed by atoms with E-state index in [0.29, 0.717) is 6.61 Å². The van der Waals surface area contributed by atoms with Gasteiger partial charge in [-0.25, -0.2) is 4.98 Å². The van der Waals surface area contributed by atoms with Crippen molar-refractivity contribution in [2.75, 3.05) is 6.61 Å². The Bertz CT molecular complexity index is 847. The largest absolute Gasteiger partial charge is 0.493 e. The highest BCUT2D eigenvalue weighted by molar-refractivity contribution is 5.64. The lowest BCUT2D eigenvalue weighted by Gasteiger charge is -2.11. The molecule has 5 heteroatoms. The summed E-state index contributed by atoms with van der Waals surface area (Å²) in [6.07, 6.45) is 4.75. The van der Waals surface area contributed by atoms with Crippen LogP contribution in [0.5, 0.6) is 5.75 Å². The van der Waals surface area contributed by atoms with Crippen molar-refractivity contribution < 1.29 is 4.74 Å². The van der Waals surface area contributed by atoms with Crippen LogP contribution in [0, 0.1) is 20.8 Å². The van der Waals surface area contributed by atoms with E-state index in [-0.39, 0.29) is 0 Å². The SMILES string of the molecule is CCn1nc(C)c(-c2cncn2CCCOc2ccccc2C)c1C. The lowest BCUT2D eigenvalue weighted by Crippen LogP contribution is -2.06. The van der Waals surface area contributed by atoms with E-state index in [2.05, 4.69) is 48.4 Å². The lowest BCUT2D eigenvalue weighted by atomic mass is 10.1. The molecule has 0 N–H and O–H groups in total. The molecule has 0 aliphatic carbocycles. The summed E-state index contributed by atoms with van der Waals surface area (Å²) < 4.78 is 10.1. The number of rotatable bonds is 7. The number of para-hydroxylation sites is 1. The molecule has 0 unspecified atom stereocenters. The predicted molar refractivity (Wildman–Crippen MR) is 99.9 cm³/mol. The van der Waals surface area contributed by atoms with E-state index in [9.17, 15) is 0 Å². The maximum Gasteiger partial charge on any atom is 0.122 e. The summed E-state index contributed by atoms with van der Waals surface area (Å²) in [6, 6.07) is 8.12. The van der Waals surface area contributed by atoms with Crippen LogP contribution in [0.15, 0.2) is 36.8 Å². The van der Waals surface area contributed by atoms with Gasteiger partial charge in [-0.05, 0) is 45.7 Å². The molecule has 0 aliphatic heterocycles. The molecule has 3 aromatic rings. The zero-order valence-electron chi connectivity index (χ0n) is 15.5. The third kappa shape index (κ3) is 3.60. The fraction of sp³-hybridized carbons (Fsp3) is 0.400. The molecule has 1 aromatic carbocycles. The Labute approximate surface area is 149 Å². The van der Waals surface area contributed by atoms with Gasteiger partial charge in [0.1, 0.15) is 5.75 Å². The highest BCUT2D eigenvalue weighted by atomic mass is 16.5. The molecule has 25 heavy (non-hydrogen) atoms. The van der Waals surface area contributed by atoms with Crippen molar-refractivity contribution in [3.05, 3.63) is 53.7 Å². The van der Waals surface area contributed by atoms with E-state index in [1.807, 2.05) is 35.4 Å². The summed E-state index contributed by atoms with van der Waals surface area (Å²) in [6.45, 7) is 10.8. The third-order valence-corrected chi connectivity index (χ3v) is 4.54. The van der Waals surface area contributed by atoms with Gasteiger partial charge < -0.3 is 9.30 Å². The zero-order chi connectivity index (χ0) is 17.8. The van der Waals surface area contributed by atoms with Crippen molar-refractivity contribution >= 4 is 0 Å². The standard InChI is InChI=1S/C20H26N4O/c1-5-24-17(4)20(16(3)22-24)18-13-21-14-23(18)11-8-12-25-19-10-7-6-9-15(19)2/h6-7,9-10,13-14H,5,8,11-12H2,1-4H3. The summed E-state index contributed by atoms with van der Waals surface area (Å²) in [7, 11) is 0. The van der Waals surface area contributed by atoms with Gasteiger partial charge >= 0.3 is 0 Å². The molecule has 5 nitrogen and oxygen atoms in total. The van der Waals surface area contributed by atoms with Crippen LogP contribution >= 0.6 is 0 Å². The van der Waals surface area contributed by atoms with Crippen LogP contribution in [0.2, 0.25) is 0 Å². The monoisotopic (exact) mass is 338 g/mol. The summed E-state index contributed by atoms with van der Waals surface area (Å²) in [5, 5.41) is 4.62. The fourth-order valence-electron chi connectivity index (χ4n) is 3.22. The van der Waals surface area contributed by atoms with Gasteiger partial charge in [-0.2, -0.15) is 5.10 Å². The molecule has 132 valence electrons. The average molecular weight is 338 g/mol. The first-order chi connectivity index (χ1) is 12.1. The maximum absolute atomic E-state index is 5.90. The van der Waals surface area contributed by atoms with E-state index in [0.717, 1.165) is 36.6 Å². The van der Waals surface area contributed by atoms with Crippen LogP contribution in [0.1, 0.15) is 30.3 Å². The minimum Gasteiger partial charge on any atom is -0.493 e. The highest BCUT2D eigenvalue weighted by Gasteiger charge is 2.16. The molecular weight excluding hydrogens is 312 g/mol. The Morgan fingerprint density at radius 2 is 1.92 bits per heavy atom. The van der Waals surface area contributed by atoms with Gasteiger partial charge in [0.05, 0.1) is 30.5 Å². The number of ether oxygens (including phenoxy) is 1. The van der Waals surface area contributed by atoms with Gasteiger partial charge in [-0.1, -0.05) is 18.2 Å². The number of imidazole rings is 1. The van der Waals surface area contributed by atoms with Crippen molar-refractivity contribution in [3.63, 3.8) is 0 Å². The first-order valence-corrected chi connectivity index (χ1v) is 8.84. The molecule has 0 bridgehead atoms. The first-order valence-electron chi connectivity index (χ1n) is 8.84. The van der Waals surface area contributed by atoms with E-state index >= 15 is 0 Å². The van der Waals surface area contributed by atoms with Crippen LogP contribution in [0.3, 0.4) is 0 Å². The molecule has 0 saturated heterocycles.